The number of piperazine rings is 1. The monoisotopic (exact) mass is 314 g/mol. The standard InChI is InChI=1S/C15H20Cl2N2O/c1-11(2)9-15(20)19-7-5-18(6-8-19)14-10-12(16)3-4-13(14)17/h3-4,10-11H,5-9H2,1-2H3. The molecule has 0 radical (unpaired) electrons. The first-order valence-electron chi connectivity index (χ1n) is 6.95. The van der Waals surface area contributed by atoms with Crippen molar-refractivity contribution in [3.05, 3.63) is 28.2 Å². The molecule has 1 fully saturated rings. The summed E-state index contributed by atoms with van der Waals surface area (Å²) in [6, 6.07) is 5.49. The number of hydrogen-bond acceptors (Lipinski definition) is 2. The van der Waals surface area contributed by atoms with Crippen molar-refractivity contribution < 1.29 is 4.79 Å². The molecule has 0 unspecified atom stereocenters. The lowest BCUT2D eigenvalue weighted by molar-refractivity contribution is -0.132. The van der Waals surface area contributed by atoms with Gasteiger partial charge in [-0.05, 0) is 24.1 Å². The minimum atomic E-state index is 0.247. The van der Waals surface area contributed by atoms with E-state index in [1.165, 1.54) is 0 Å². The third kappa shape index (κ3) is 3.80. The van der Waals surface area contributed by atoms with Gasteiger partial charge in [0.2, 0.25) is 5.91 Å². The topological polar surface area (TPSA) is 23.6 Å². The van der Waals surface area contributed by atoms with Crippen molar-refractivity contribution in [3.63, 3.8) is 0 Å². The van der Waals surface area contributed by atoms with Crippen LogP contribution in [0.3, 0.4) is 0 Å². The van der Waals surface area contributed by atoms with Gasteiger partial charge < -0.3 is 9.80 Å². The van der Waals surface area contributed by atoms with E-state index in [2.05, 4.69) is 18.7 Å². The number of anilines is 1. The first-order valence-corrected chi connectivity index (χ1v) is 7.70. The maximum absolute atomic E-state index is 12.0. The Kier molecular flexibility index (Phi) is 5.17. The Morgan fingerprint density at radius 2 is 1.85 bits per heavy atom. The van der Waals surface area contributed by atoms with Gasteiger partial charge in [-0.2, -0.15) is 0 Å². The van der Waals surface area contributed by atoms with Crippen LogP contribution in [0.15, 0.2) is 18.2 Å². The first-order chi connectivity index (χ1) is 9.47. The fraction of sp³-hybridized carbons (Fsp3) is 0.533. The fourth-order valence-electron chi connectivity index (χ4n) is 2.40. The quantitative estimate of drug-likeness (QED) is 0.849. The fourth-order valence-corrected chi connectivity index (χ4v) is 2.81. The lowest BCUT2D eigenvalue weighted by Crippen LogP contribution is -2.49. The van der Waals surface area contributed by atoms with Crippen LogP contribution in [0, 0.1) is 5.92 Å². The van der Waals surface area contributed by atoms with Gasteiger partial charge in [-0.3, -0.25) is 4.79 Å². The zero-order valence-corrected chi connectivity index (χ0v) is 13.4. The lowest BCUT2D eigenvalue weighted by Gasteiger charge is -2.36. The number of carbonyl (C=O) groups excluding carboxylic acids is 1. The van der Waals surface area contributed by atoms with E-state index in [4.69, 9.17) is 23.2 Å². The summed E-state index contributed by atoms with van der Waals surface area (Å²) in [6.07, 6.45) is 0.623. The van der Waals surface area contributed by atoms with Gasteiger partial charge in [-0.1, -0.05) is 37.0 Å². The van der Waals surface area contributed by atoms with E-state index in [0.717, 1.165) is 31.9 Å². The summed E-state index contributed by atoms with van der Waals surface area (Å²) in [6.45, 7) is 7.22. The molecule has 0 N–H and O–H groups in total. The second-order valence-electron chi connectivity index (χ2n) is 5.56. The highest BCUT2D eigenvalue weighted by Crippen LogP contribution is 2.29. The number of nitrogens with zero attached hydrogens (tertiary/aromatic N) is 2. The minimum absolute atomic E-state index is 0.247. The van der Waals surface area contributed by atoms with Crippen LogP contribution in [-0.2, 0) is 4.79 Å². The summed E-state index contributed by atoms with van der Waals surface area (Å²) in [5.41, 5.74) is 0.954. The number of rotatable bonds is 3. The van der Waals surface area contributed by atoms with Gasteiger partial charge in [0.15, 0.2) is 0 Å². The number of hydrogen-bond donors (Lipinski definition) is 0. The molecule has 1 heterocycles. The van der Waals surface area contributed by atoms with Gasteiger partial charge in [-0.15, -0.1) is 0 Å². The third-order valence-corrected chi connectivity index (χ3v) is 4.02. The van der Waals surface area contributed by atoms with Gasteiger partial charge in [-0.25, -0.2) is 0 Å². The van der Waals surface area contributed by atoms with E-state index in [1.54, 1.807) is 6.07 Å². The van der Waals surface area contributed by atoms with Gasteiger partial charge >= 0.3 is 0 Å². The minimum Gasteiger partial charge on any atom is -0.367 e. The predicted molar refractivity (Wildman–Crippen MR) is 84.7 cm³/mol. The van der Waals surface area contributed by atoms with Crippen molar-refractivity contribution >= 4 is 34.8 Å². The summed E-state index contributed by atoms with van der Waals surface area (Å²) in [4.78, 5) is 16.2. The molecule has 0 atom stereocenters. The van der Waals surface area contributed by atoms with Crippen molar-refractivity contribution in [2.45, 2.75) is 20.3 Å². The van der Waals surface area contributed by atoms with E-state index in [0.29, 0.717) is 22.4 Å². The summed E-state index contributed by atoms with van der Waals surface area (Å²) in [7, 11) is 0. The maximum Gasteiger partial charge on any atom is 0.222 e. The van der Waals surface area contributed by atoms with E-state index >= 15 is 0 Å². The summed E-state index contributed by atoms with van der Waals surface area (Å²) in [5, 5.41) is 1.39. The second-order valence-corrected chi connectivity index (χ2v) is 6.41. The zero-order chi connectivity index (χ0) is 14.7. The number of amides is 1. The third-order valence-electron chi connectivity index (χ3n) is 3.46. The highest BCUT2D eigenvalue weighted by atomic mass is 35.5. The van der Waals surface area contributed by atoms with E-state index < -0.39 is 0 Å². The molecule has 1 aromatic rings. The van der Waals surface area contributed by atoms with Crippen LogP contribution < -0.4 is 4.90 Å². The maximum atomic E-state index is 12.0. The highest BCUT2D eigenvalue weighted by Gasteiger charge is 2.22. The molecule has 20 heavy (non-hydrogen) atoms. The van der Waals surface area contributed by atoms with Crippen molar-refractivity contribution in [1.82, 2.24) is 4.90 Å². The molecule has 0 aliphatic carbocycles. The van der Waals surface area contributed by atoms with Crippen molar-refractivity contribution in [3.8, 4) is 0 Å². The molecule has 0 aromatic heterocycles. The Morgan fingerprint density at radius 1 is 1.20 bits per heavy atom. The van der Waals surface area contributed by atoms with Crippen LogP contribution in [0.5, 0.6) is 0 Å². The molecule has 3 nitrogen and oxygen atoms in total. The van der Waals surface area contributed by atoms with E-state index in [1.807, 2.05) is 17.0 Å². The molecule has 2 rings (SSSR count). The summed E-state index contributed by atoms with van der Waals surface area (Å²) in [5.74, 6) is 0.653. The second kappa shape index (κ2) is 6.68. The average Bonchev–Trinajstić information content (AvgIpc) is 2.41. The van der Waals surface area contributed by atoms with Crippen LogP contribution in [0.25, 0.3) is 0 Å². The molecule has 110 valence electrons. The Morgan fingerprint density at radius 3 is 2.45 bits per heavy atom. The van der Waals surface area contributed by atoms with Crippen molar-refractivity contribution in [2.24, 2.45) is 5.92 Å². The van der Waals surface area contributed by atoms with E-state index in [9.17, 15) is 4.79 Å². The molecule has 0 spiro atoms. The summed E-state index contributed by atoms with van der Waals surface area (Å²) >= 11 is 12.2. The molecule has 0 bridgehead atoms. The Hall–Kier alpha value is -0.930. The van der Waals surface area contributed by atoms with Crippen LogP contribution >= 0.6 is 23.2 Å². The van der Waals surface area contributed by atoms with Crippen LogP contribution in [0.1, 0.15) is 20.3 Å². The Balaban J connectivity index is 1.97. The normalized spacial score (nSPS) is 15.8. The SMILES string of the molecule is CC(C)CC(=O)N1CCN(c2cc(Cl)ccc2Cl)CC1. The summed E-state index contributed by atoms with van der Waals surface area (Å²) < 4.78 is 0. The van der Waals surface area contributed by atoms with Crippen molar-refractivity contribution in [1.29, 1.82) is 0 Å². The average molecular weight is 315 g/mol. The molecular weight excluding hydrogens is 295 g/mol. The molecule has 1 aliphatic rings. The van der Waals surface area contributed by atoms with E-state index in [-0.39, 0.29) is 5.91 Å². The van der Waals surface area contributed by atoms with Crippen LogP contribution in [0.2, 0.25) is 10.0 Å². The zero-order valence-electron chi connectivity index (χ0n) is 11.9. The van der Waals surface area contributed by atoms with Crippen LogP contribution in [-0.4, -0.2) is 37.0 Å². The molecule has 1 aliphatic heterocycles. The van der Waals surface area contributed by atoms with Gasteiger partial charge in [0.25, 0.3) is 0 Å². The highest BCUT2D eigenvalue weighted by molar-refractivity contribution is 6.35. The van der Waals surface area contributed by atoms with Gasteiger partial charge in [0.05, 0.1) is 10.7 Å². The Labute approximate surface area is 130 Å². The number of benzene rings is 1. The molecule has 0 saturated carbocycles. The molecule has 1 amide bonds. The number of halogens is 2. The van der Waals surface area contributed by atoms with Crippen molar-refractivity contribution in [2.75, 3.05) is 31.1 Å². The van der Waals surface area contributed by atoms with Gasteiger partial charge in [0, 0.05) is 37.6 Å². The Bertz CT molecular complexity index is 483. The van der Waals surface area contributed by atoms with Crippen LogP contribution in [0.4, 0.5) is 5.69 Å². The molecule has 1 aromatic carbocycles. The lowest BCUT2D eigenvalue weighted by atomic mass is 10.1. The number of carbonyl (C=O) groups is 1. The molecular formula is C15H20Cl2N2O. The molecule has 5 heteroatoms. The largest absolute Gasteiger partial charge is 0.367 e. The van der Waals surface area contributed by atoms with Gasteiger partial charge in [0.1, 0.15) is 0 Å². The molecule has 1 saturated heterocycles. The smallest absolute Gasteiger partial charge is 0.222 e. The first kappa shape index (κ1) is 15.5. The predicted octanol–water partition coefficient (Wildman–Crippen LogP) is 3.69.